The number of amides is 1. The summed E-state index contributed by atoms with van der Waals surface area (Å²) in [6.45, 7) is 8.16. The first kappa shape index (κ1) is 19.2. The summed E-state index contributed by atoms with van der Waals surface area (Å²) in [5.41, 5.74) is 0.362. The monoisotopic (exact) mass is 365 g/mol. The molecule has 0 unspecified atom stereocenters. The molecule has 142 valence electrons. The van der Waals surface area contributed by atoms with Crippen LogP contribution in [0.15, 0.2) is 60.7 Å². The predicted octanol–water partition coefficient (Wildman–Crippen LogP) is 4.71. The third kappa shape index (κ3) is 4.05. The highest BCUT2D eigenvalue weighted by Gasteiger charge is 2.49. The molecule has 1 amide bonds. The van der Waals surface area contributed by atoms with Gasteiger partial charge in [-0.3, -0.25) is 4.79 Å². The molecule has 4 nitrogen and oxygen atoms in total. The van der Waals surface area contributed by atoms with E-state index < -0.39 is 11.1 Å². The molecule has 0 saturated carbocycles. The van der Waals surface area contributed by atoms with Gasteiger partial charge in [0.2, 0.25) is 0 Å². The Morgan fingerprint density at radius 2 is 1.26 bits per heavy atom. The van der Waals surface area contributed by atoms with E-state index in [4.69, 9.17) is 4.74 Å². The van der Waals surface area contributed by atoms with E-state index in [-0.39, 0.29) is 18.0 Å². The van der Waals surface area contributed by atoms with Gasteiger partial charge in [0.15, 0.2) is 0 Å². The molecule has 0 N–H and O–H groups in total. The van der Waals surface area contributed by atoms with Crippen molar-refractivity contribution < 1.29 is 14.3 Å². The van der Waals surface area contributed by atoms with Gasteiger partial charge in [-0.2, -0.15) is 0 Å². The van der Waals surface area contributed by atoms with Gasteiger partial charge in [-0.25, -0.2) is 4.79 Å². The van der Waals surface area contributed by atoms with E-state index in [0.717, 1.165) is 0 Å². The van der Waals surface area contributed by atoms with E-state index in [2.05, 4.69) is 0 Å². The lowest BCUT2D eigenvalue weighted by Gasteiger charge is -2.54. The second kappa shape index (κ2) is 7.18. The fourth-order valence-corrected chi connectivity index (χ4v) is 4.33. The Morgan fingerprint density at radius 1 is 0.815 bits per heavy atom. The number of ether oxygens (including phenoxy) is 1. The van der Waals surface area contributed by atoms with Gasteiger partial charge in [-0.05, 0) is 52.0 Å². The van der Waals surface area contributed by atoms with Gasteiger partial charge in [0.25, 0.3) is 5.91 Å². The molecule has 0 bridgehead atoms. The molecular formula is C23H27NO3. The van der Waals surface area contributed by atoms with Gasteiger partial charge in [0.05, 0.1) is 5.56 Å². The Morgan fingerprint density at radius 3 is 1.74 bits per heavy atom. The second-order valence-corrected chi connectivity index (χ2v) is 8.43. The van der Waals surface area contributed by atoms with Crippen molar-refractivity contribution in [1.29, 1.82) is 0 Å². The number of rotatable bonds is 3. The summed E-state index contributed by atoms with van der Waals surface area (Å²) >= 11 is 0. The molecule has 0 aromatic heterocycles. The van der Waals surface area contributed by atoms with E-state index in [1.54, 1.807) is 12.1 Å². The van der Waals surface area contributed by atoms with Crippen molar-refractivity contribution in [2.45, 2.75) is 57.7 Å². The van der Waals surface area contributed by atoms with E-state index >= 15 is 0 Å². The molecule has 3 rings (SSSR count). The fourth-order valence-electron chi connectivity index (χ4n) is 4.33. The van der Waals surface area contributed by atoms with Gasteiger partial charge in [0.1, 0.15) is 6.10 Å². The van der Waals surface area contributed by atoms with E-state index in [1.165, 1.54) is 0 Å². The molecule has 1 aliphatic heterocycles. The van der Waals surface area contributed by atoms with Crippen molar-refractivity contribution in [3.63, 3.8) is 0 Å². The molecular weight excluding hydrogens is 338 g/mol. The Kier molecular flexibility index (Phi) is 5.09. The number of nitrogens with zero attached hydrogens (tertiary/aromatic N) is 1. The molecule has 0 aliphatic carbocycles. The normalized spacial score (nSPS) is 18.7. The number of benzene rings is 2. The predicted molar refractivity (Wildman–Crippen MR) is 106 cm³/mol. The van der Waals surface area contributed by atoms with Crippen molar-refractivity contribution in [3.8, 4) is 0 Å². The van der Waals surface area contributed by atoms with E-state index in [1.807, 2.05) is 81.1 Å². The van der Waals surface area contributed by atoms with E-state index in [0.29, 0.717) is 24.0 Å². The molecule has 0 spiro atoms. The topological polar surface area (TPSA) is 46.6 Å². The molecule has 27 heavy (non-hydrogen) atoms. The van der Waals surface area contributed by atoms with Crippen LogP contribution in [0, 0.1) is 0 Å². The van der Waals surface area contributed by atoms with Gasteiger partial charge < -0.3 is 9.64 Å². The Bertz CT molecular complexity index is 794. The summed E-state index contributed by atoms with van der Waals surface area (Å²) in [4.78, 5) is 27.6. The summed E-state index contributed by atoms with van der Waals surface area (Å²) < 4.78 is 5.81. The summed E-state index contributed by atoms with van der Waals surface area (Å²) in [6.07, 6.45) is 0.976. The van der Waals surface area contributed by atoms with Crippen LogP contribution in [0.1, 0.15) is 61.3 Å². The lowest BCUT2D eigenvalue weighted by atomic mass is 9.77. The number of likely N-dealkylation sites (tertiary alicyclic amines) is 1. The van der Waals surface area contributed by atoms with Crippen LogP contribution >= 0.6 is 0 Å². The highest BCUT2D eigenvalue weighted by Crippen LogP contribution is 2.40. The highest BCUT2D eigenvalue weighted by atomic mass is 16.5. The van der Waals surface area contributed by atoms with Crippen LogP contribution in [0.25, 0.3) is 0 Å². The summed E-state index contributed by atoms with van der Waals surface area (Å²) in [7, 11) is 0. The Hall–Kier alpha value is -2.62. The van der Waals surface area contributed by atoms with Crippen LogP contribution < -0.4 is 0 Å². The zero-order valence-corrected chi connectivity index (χ0v) is 16.4. The van der Waals surface area contributed by atoms with Crippen molar-refractivity contribution in [2.75, 3.05) is 0 Å². The first-order valence-corrected chi connectivity index (χ1v) is 9.36. The van der Waals surface area contributed by atoms with Crippen LogP contribution in [-0.4, -0.2) is 34.0 Å². The zero-order chi connectivity index (χ0) is 19.7. The van der Waals surface area contributed by atoms with Crippen molar-refractivity contribution in [3.05, 3.63) is 71.8 Å². The van der Waals surface area contributed by atoms with Crippen LogP contribution in [-0.2, 0) is 4.74 Å². The average molecular weight is 365 g/mol. The number of esters is 1. The number of hydrogen-bond donors (Lipinski definition) is 0. The maximum Gasteiger partial charge on any atom is 0.338 e. The summed E-state index contributed by atoms with van der Waals surface area (Å²) in [5.74, 6) is -0.298. The first-order chi connectivity index (χ1) is 12.7. The molecule has 1 aliphatic rings. The number of carbonyl (C=O) groups is 2. The average Bonchev–Trinajstić information content (AvgIpc) is 2.61. The maximum atomic E-state index is 13.2. The summed E-state index contributed by atoms with van der Waals surface area (Å²) in [6, 6.07) is 18.4. The molecule has 1 saturated heterocycles. The van der Waals surface area contributed by atoms with Crippen LogP contribution in [0.5, 0.6) is 0 Å². The number of piperidine rings is 1. The fraction of sp³-hybridized carbons (Fsp3) is 0.391. The molecule has 0 atom stereocenters. The third-order valence-corrected chi connectivity index (χ3v) is 5.17. The lowest BCUT2D eigenvalue weighted by molar-refractivity contribution is -0.0678. The largest absolute Gasteiger partial charge is 0.459 e. The molecule has 0 radical (unpaired) electrons. The van der Waals surface area contributed by atoms with Gasteiger partial charge >= 0.3 is 5.97 Å². The minimum absolute atomic E-state index is 0.0124. The lowest BCUT2D eigenvalue weighted by Crippen LogP contribution is -2.64. The van der Waals surface area contributed by atoms with Gasteiger partial charge in [0, 0.05) is 29.5 Å². The molecule has 2 aromatic carbocycles. The third-order valence-electron chi connectivity index (χ3n) is 5.17. The molecule has 4 heteroatoms. The Labute approximate surface area is 161 Å². The van der Waals surface area contributed by atoms with Crippen LogP contribution in [0.2, 0.25) is 0 Å². The molecule has 2 aromatic rings. The quantitative estimate of drug-likeness (QED) is 0.740. The van der Waals surface area contributed by atoms with Crippen molar-refractivity contribution >= 4 is 11.9 Å². The molecule has 1 fully saturated rings. The Balaban J connectivity index is 1.80. The SMILES string of the molecule is CC1(C)CC(OC(=O)c2ccccc2)CC(C)(C)N1C(=O)c1ccccc1. The molecule has 1 heterocycles. The number of carbonyl (C=O) groups excluding carboxylic acids is 2. The first-order valence-electron chi connectivity index (χ1n) is 9.36. The maximum absolute atomic E-state index is 13.2. The number of hydrogen-bond acceptors (Lipinski definition) is 3. The smallest absolute Gasteiger partial charge is 0.338 e. The van der Waals surface area contributed by atoms with Crippen molar-refractivity contribution in [2.24, 2.45) is 0 Å². The summed E-state index contributed by atoms with van der Waals surface area (Å²) in [5, 5.41) is 0. The van der Waals surface area contributed by atoms with Crippen LogP contribution in [0.4, 0.5) is 0 Å². The highest BCUT2D eigenvalue weighted by molar-refractivity contribution is 5.95. The van der Waals surface area contributed by atoms with Crippen LogP contribution in [0.3, 0.4) is 0 Å². The van der Waals surface area contributed by atoms with E-state index in [9.17, 15) is 9.59 Å². The van der Waals surface area contributed by atoms with Gasteiger partial charge in [-0.15, -0.1) is 0 Å². The zero-order valence-electron chi connectivity index (χ0n) is 16.4. The second-order valence-electron chi connectivity index (χ2n) is 8.43. The minimum atomic E-state index is -0.434. The van der Waals surface area contributed by atoms with Gasteiger partial charge in [-0.1, -0.05) is 36.4 Å². The standard InChI is InChI=1S/C23H27NO3/c1-22(2)15-19(27-21(26)18-13-9-6-10-14-18)16-23(3,4)24(22)20(25)17-11-7-5-8-12-17/h5-14,19H,15-16H2,1-4H3. The minimum Gasteiger partial charge on any atom is -0.459 e. The van der Waals surface area contributed by atoms with Crippen molar-refractivity contribution in [1.82, 2.24) is 4.90 Å².